The maximum atomic E-state index is 12.3. The summed E-state index contributed by atoms with van der Waals surface area (Å²) in [7, 11) is 0. The number of carbonyl (C=O) groups is 1. The number of hydrogen-bond acceptors (Lipinski definition) is 2. The van der Waals surface area contributed by atoms with Crippen molar-refractivity contribution in [1.29, 1.82) is 0 Å². The smallest absolute Gasteiger partial charge is 0.253 e. The summed E-state index contributed by atoms with van der Waals surface area (Å²) in [6, 6.07) is 13.8. The summed E-state index contributed by atoms with van der Waals surface area (Å²) in [5, 5.41) is 3.39. The van der Waals surface area contributed by atoms with Gasteiger partial charge in [-0.1, -0.05) is 58.2 Å². The Labute approximate surface area is 162 Å². The molecular formula is C20H22BrClN2O. The summed E-state index contributed by atoms with van der Waals surface area (Å²) in [4.78, 5) is 14.8. The molecule has 0 saturated carbocycles. The zero-order valence-corrected chi connectivity index (χ0v) is 16.4. The Hall–Kier alpha value is -1.36. The lowest BCUT2D eigenvalue weighted by atomic mass is 10.1. The summed E-state index contributed by atoms with van der Waals surface area (Å²) in [6.07, 6.45) is 3.97. The number of amides is 1. The van der Waals surface area contributed by atoms with Crippen LogP contribution in [0.1, 0.15) is 40.7 Å². The van der Waals surface area contributed by atoms with Crippen molar-refractivity contribution < 1.29 is 4.79 Å². The van der Waals surface area contributed by atoms with Crippen molar-refractivity contribution in [3.05, 3.63) is 68.7 Å². The van der Waals surface area contributed by atoms with Crippen molar-refractivity contribution in [3.63, 3.8) is 0 Å². The summed E-state index contributed by atoms with van der Waals surface area (Å²) in [5.74, 6) is -0.163. The molecule has 0 radical (unpaired) electrons. The van der Waals surface area contributed by atoms with Crippen LogP contribution in [-0.4, -0.2) is 23.9 Å². The van der Waals surface area contributed by atoms with Crippen molar-refractivity contribution in [3.8, 4) is 0 Å². The first-order valence-corrected chi connectivity index (χ1v) is 9.82. The maximum Gasteiger partial charge on any atom is 0.253 e. The minimum Gasteiger partial charge on any atom is -0.348 e. The highest BCUT2D eigenvalue weighted by atomic mass is 79.9. The molecule has 132 valence electrons. The number of benzene rings is 2. The molecule has 0 unspecified atom stereocenters. The minimum absolute atomic E-state index is 0.163. The third kappa shape index (κ3) is 5.30. The number of nitrogens with zero attached hydrogens (tertiary/aromatic N) is 1. The van der Waals surface area contributed by atoms with Crippen LogP contribution in [0, 0.1) is 0 Å². The lowest BCUT2D eigenvalue weighted by Crippen LogP contribution is -2.29. The second kappa shape index (κ2) is 8.84. The predicted octanol–water partition coefficient (Wildman–Crippen LogP) is 5.02. The number of likely N-dealkylation sites (tertiary alicyclic amines) is 1. The fourth-order valence-electron chi connectivity index (χ4n) is 3.09. The van der Waals surface area contributed by atoms with Gasteiger partial charge in [-0.05, 0) is 55.3 Å². The van der Waals surface area contributed by atoms with Gasteiger partial charge in [-0.2, -0.15) is 0 Å². The fourth-order valence-corrected chi connectivity index (χ4v) is 3.65. The number of halogens is 2. The van der Waals surface area contributed by atoms with Crippen LogP contribution in [-0.2, 0) is 13.1 Å². The van der Waals surface area contributed by atoms with E-state index in [0.717, 1.165) is 16.6 Å². The Morgan fingerprint density at radius 1 is 1.04 bits per heavy atom. The maximum absolute atomic E-state index is 12.3. The van der Waals surface area contributed by atoms with Crippen LogP contribution in [0.4, 0.5) is 0 Å². The van der Waals surface area contributed by atoms with Gasteiger partial charge in [-0.3, -0.25) is 9.69 Å². The highest BCUT2D eigenvalue weighted by molar-refractivity contribution is 9.10. The second-order valence-electron chi connectivity index (χ2n) is 6.46. The van der Waals surface area contributed by atoms with Crippen LogP contribution < -0.4 is 5.32 Å². The molecule has 3 rings (SSSR count). The van der Waals surface area contributed by atoms with E-state index in [2.05, 4.69) is 50.4 Å². The first-order valence-electron chi connectivity index (χ1n) is 8.65. The monoisotopic (exact) mass is 420 g/mol. The van der Waals surface area contributed by atoms with Gasteiger partial charge in [0.25, 0.3) is 5.91 Å². The molecule has 0 aromatic heterocycles. The minimum atomic E-state index is -0.163. The van der Waals surface area contributed by atoms with E-state index >= 15 is 0 Å². The van der Waals surface area contributed by atoms with Crippen LogP contribution in [0.2, 0.25) is 5.02 Å². The normalized spacial score (nSPS) is 15.1. The molecule has 1 N–H and O–H groups in total. The fraction of sp³-hybridized carbons (Fsp3) is 0.350. The van der Waals surface area contributed by atoms with Crippen LogP contribution in [0.25, 0.3) is 0 Å². The molecule has 1 aliphatic rings. The Morgan fingerprint density at radius 2 is 1.72 bits per heavy atom. The van der Waals surface area contributed by atoms with Gasteiger partial charge in [0.05, 0.1) is 10.6 Å². The quantitative estimate of drug-likeness (QED) is 0.735. The van der Waals surface area contributed by atoms with Crippen molar-refractivity contribution in [2.24, 2.45) is 0 Å². The van der Waals surface area contributed by atoms with Crippen molar-refractivity contribution in [1.82, 2.24) is 10.2 Å². The molecule has 1 amide bonds. The topological polar surface area (TPSA) is 32.3 Å². The largest absolute Gasteiger partial charge is 0.348 e. The molecule has 3 nitrogen and oxygen atoms in total. The lowest BCUT2D eigenvalue weighted by molar-refractivity contribution is 0.0951. The third-order valence-corrected chi connectivity index (χ3v) is 5.33. The summed E-state index contributed by atoms with van der Waals surface area (Å²) >= 11 is 9.47. The van der Waals surface area contributed by atoms with E-state index in [1.807, 2.05) is 6.07 Å². The van der Waals surface area contributed by atoms with E-state index in [1.165, 1.54) is 37.9 Å². The molecule has 0 atom stereocenters. The van der Waals surface area contributed by atoms with Gasteiger partial charge in [-0.25, -0.2) is 0 Å². The standard InChI is InChI=1S/C20H22BrClN2O/c21-17-8-9-19(22)18(12-17)20(25)23-13-15-4-6-16(7-5-15)14-24-10-2-1-3-11-24/h4-9,12H,1-3,10-11,13-14H2,(H,23,25). The highest BCUT2D eigenvalue weighted by Gasteiger charge is 2.12. The van der Waals surface area contributed by atoms with Gasteiger partial charge >= 0.3 is 0 Å². The van der Waals surface area contributed by atoms with Crippen molar-refractivity contribution in [2.75, 3.05) is 13.1 Å². The average Bonchev–Trinajstić information content (AvgIpc) is 2.64. The van der Waals surface area contributed by atoms with Crippen LogP contribution >= 0.6 is 27.5 Å². The van der Waals surface area contributed by atoms with Gasteiger partial charge < -0.3 is 5.32 Å². The summed E-state index contributed by atoms with van der Waals surface area (Å²) in [5.41, 5.74) is 2.90. The van der Waals surface area contributed by atoms with Gasteiger partial charge in [0, 0.05) is 17.6 Å². The molecule has 5 heteroatoms. The van der Waals surface area contributed by atoms with E-state index in [4.69, 9.17) is 11.6 Å². The molecule has 1 saturated heterocycles. The Kier molecular flexibility index (Phi) is 6.51. The van der Waals surface area contributed by atoms with Gasteiger partial charge in [0.2, 0.25) is 0 Å². The summed E-state index contributed by atoms with van der Waals surface area (Å²) < 4.78 is 0.837. The van der Waals surface area contributed by atoms with E-state index in [1.54, 1.807) is 12.1 Å². The van der Waals surface area contributed by atoms with Crippen molar-refractivity contribution in [2.45, 2.75) is 32.4 Å². The van der Waals surface area contributed by atoms with Crippen LogP contribution in [0.3, 0.4) is 0 Å². The first kappa shape index (κ1) is 18.4. The molecule has 0 bridgehead atoms. The molecule has 1 fully saturated rings. The predicted molar refractivity (Wildman–Crippen MR) is 106 cm³/mol. The molecule has 2 aromatic rings. The SMILES string of the molecule is O=C(NCc1ccc(CN2CCCCC2)cc1)c1cc(Br)ccc1Cl. The van der Waals surface area contributed by atoms with Crippen molar-refractivity contribution >= 4 is 33.4 Å². The molecule has 0 aliphatic carbocycles. The van der Waals surface area contributed by atoms with Crippen LogP contribution in [0.5, 0.6) is 0 Å². The number of nitrogens with one attached hydrogen (secondary N) is 1. The summed E-state index contributed by atoms with van der Waals surface area (Å²) in [6.45, 7) is 3.91. The van der Waals surface area contributed by atoms with E-state index in [0.29, 0.717) is 17.1 Å². The number of carbonyl (C=O) groups excluding carboxylic acids is 1. The van der Waals surface area contributed by atoms with E-state index < -0.39 is 0 Å². The highest BCUT2D eigenvalue weighted by Crippen LogP contribution is 2.21. The molecule has 25 heavy (non-hydrogen) atoms. The number of rotatable bonds is 5. The number of hydrogen-bond donors (Lipinski definition) is 1. The molecular weight excluding hydrogens is 400 g/mol. The first-order chi connectivity index (χ1) is 12.1. The molecule has 1 heterocycles. The van der Waals surface area contributed by atoms with E-state index in [-0.39, 0.29) is 5.91 Å². The zero-order chi connectivity index (χ0) is 17.6. The molecule has 2 aromatic carbocycles. The number of piperidine rings is 1. The molecule has 1 aliphatic heterocycles. The lowest BCUT2D eigenvalue weighted by Gasteiger charge is -2.26. The van der Waals surface area contributed by atoms with Gasteiger partial charge in [-0.15, -0.1) is 0 Å². The zero-order valence-electron chi connectivity index (χ0n) is 14.1. The van der Waals surface area contributed by atoms with Gasteiger partial charge in [0.1, 0.15) is 0 Å². The third-order valence-electron chi connectivity index (χ3n) is 4.50. The second-order valence-corrected chi connectivity index (χ2v) is 7.78. The molecule has 0 spiro atoms. The van der Waals surface area contributed by atoms with Crippen LogP contribution in [0.15, 0.2) is 46.9 Å². The van der Waals surface area contributed by atoms with Gasteiger partial charge in [0.15, 0.2) is 0 Å². The Bertz CT molecular complexity index is 727. The Balaban J connectivity index is 1.54. The average molecular weight is 422 g/mol. The Morgan fingerprint density at radius 3 is 2.44 bits per heavy atom. The van der Waals surface area contributed by atoms with E-state index in [9.17, 15) is 4.79 Å².